The number of hydrogen-bond acceptors (Lipinski definition) is 5. The molecule has 2 heterocycles. The Balaban J connectivity index is 1.82. The number of aromatic nitrogens is 3. The van der Waals surface area contributed by atoms with Crippen LogP contribution in [-0.2, 0) is 0 Å². The molecular weight excluding hydrogens is 304 g/mol. The summed E-state index contributed by atoms with van der Waals surface area (Å²) in [5.74, 6) is 0.768. The predicted molar refractivity (Wildman–Crippen MR) is 89.0 cm³/mol. The van der Waals surface area contributed by atoms with Crippen LogP contribution in [0.15, 0.2) is 59.4 Å². The monoisotopic (exact) mass is 322 g/mol. The van der Waals surface area contributed by atoms with Crippen LogP contribution in [0.1, 0.15) is 36.1 Å². The molecule has 0 bridgehead atoms. The minimum atomic E-state index is -0.373. The highest BCUT2D eigenvalue weighted by Crippen LogP contribution is 2.23. The minimum Gasteiger partial charge on any atom is -0.340 e. The van der Waals surface area contributed by atoms with Crippen LogP contribution < -0.4 is 5.32 Å². The number of nitrogens with zero attached hydrogens (tertiary/aromatic N) is 3. The van der Waals surface area contributed by atoms with E-state index in [1.165, 1.54) is 6.20 Å². The molecule has 0 aliphatic carbocycles. The molecule has 0 radical (unpaired) electrons. The fourth-order valence-electron chi connectivity index (χ4n) is 2.30. The van der Waals surface area contributed by atoms with Crippen LogP contribution in [0.4, 0.5) is 0 Å². The smallest absolute Gasteiger partial charge is 0.253 e. The minimum absolute atomic E-state index is 0.0923. The van der Waals surface area contributed by atoms with Crippen molar-refractivity contribution in [1.82, 2.24) is 20.4 Å². The van der Waals surface area contributed by atoms with Crippen LogP contribution in [0.2, 0.25) is 0 Å². The van der Waals surface area contributed by atoms with Crippen molar-refractivity contribution in [3.05, 3.63) is 66.3 Å². The largest absolute Gasteiger partial charge is 0.340 e. The van der Waals surface area contributed by atoms with Crippen molar-refractivity contribution >= 4 is 5.91 Å². The summed E-state index contributed by atoms with van der Waals surface area (Å²) in [6.45, 7) is 3.97. The van der Waals surface area contributed by atoms with Crippen LogP contribution in [0, 0.1) is 5.92 Å². The highest BCUT2D eigenvalue weighted by molar-refractivity contribution is 5.94. The van der Waals surface area contributed by atoms with Gasteiger partial charge in [-0.3, -0.25) is 9.78 Å². The second-order valence-electron chi connectivity index (χ2n) is 5.76. The zero-order valence-electron chi connectivity index (χ0n) is 13.5. The molecule has 1 atom stereocenters. The summed E-state index contributed by atoms with van der Waals surface area (Å²) in [7, 11) is 0. The van der Waals surface area contributed by atoms with Crippen LogP contribution in [-0.4, -0.2) is 21.0 Å². The summed E-state index contributed by atoms with van der Waals surface area (Å²) in [6, 6.07) is 12.6. The van der Waals surface area contributed by atoms with Crippen molar-refractivity contribution in [3.8, 4) is 11.4 Å². The molecule has 1 aromatic carbocycles. The number of carbonyl (C=O) groups excluding carboxylic acids is 1. The Labute approximate surface area is 139 Å². The average Bonchev–Trinajstić information content (AvgIpc) is 3.10. The molecule has 0 spiro atoms. The van der Waals surface area contributed by atoms with Gasteiger partial charge in [0.25, 0.3) is 5.91 Å². The molecule has 1 amide bonds. The fourth-order valence-corrected chi connectivity index (χ4v) is 2.30. The van der Waals surface area contributed by atoms with Gasteiger partial charge in [-0.25, -0.2) is 0 Å². The summed E-state index contributed by atoms with van der Waals surface area (Å²) < 4.78 is 5.39. The summed E-state index contributed by atoms with van der Waals surface area (Å²) in [6.07, 6.45) is 3.15. The van der Waals surface area contributed by atoms with Gasteiger partial charge >= 0.3 is 0 Å². The predicted octanol–water partition coefficient (Wildman–Crippen LogP) is 3.26. The molecule has 0 aliphatic heterocycles. The Bertz CT molecular complexity index is 800. The Morgan fingerprint density at radius 3 is 2.58 bits per heavy atom. The van der Waals surface area contributed by atoms with Gasteiger partial charge in [-0.1, -0.05) is 49.3 Å². The number of hydrogen-bond donors (Lipinski definition) is 1. The lowest BCUT2D eigenvalue weighted by Gasteiger charge is -2.18. The van der Waals surface area contributed by atoms with Crippen LogP contribution in [0.5, 0.6) is 0 Å². The lowest BCUT2D eigenvalue weighted by Crippen LogP contribution is -2.32. The second kappa shape index (κ2) is 7.04. The molecule has 0 fully saturated rings. The van der Waals surface area contributed by atoms with Crippen molar-refractivity contribution in [2.24, 2.45) is 5.92 Å². The van der Waals surface area contributed by atoms with E-state index in [0.29, 0.717) is 17.3 Å². The molecule has 24 heavy (non-hydrogen) atoms. The van der Waals surface area contributed by atoms with Gasteiger partial charge in [-0.2, -0.15) is 4.98 Å². The third-order valence-electron chi connectivity index (χ3n) is 3.62. The average molecular weight is 322 g/mol. The van der Waals surface area contributed by atoms with Gasteiger partial charge < -0.3 is 9.84 Å². The molecule has 1 N–H and O–H groups in total. The molecule has 2 aromatic heterocycles. The zero-order valence-corrected chi connectivity index (χ0v) is 13.5. The van der Waals surface area contributed by atoms with Gasteiger partial charge in [-0.15, -0.1) is 0 Å². The number of nitrogens with one attached hydrogen (secondary N) is 1. The van der Waals surface area contributed by atoms with Gasteiger partial charge in [0.2, 0.25) is 11.7 Å². The Morgan fingerprint density at radius 1 is 1.12 bits per heavy atom. The van der Waals surface area contributed by atoms with Gasteiger partial charge in [0.05, 0.1) is 5.56 Å². The van der Waals surface area contributed by atoms with E-state index in [4.69, 9.17) is 4.52 Å². The molecule has 6 heteroatoms. The third kappa shape index (κ3) is 3.48. The van der Waals surface area contributed by atoms with E-state index in [9.17, 15) is 4.79 Å². The normalized spacial score (nSPS) is 12.1. The number of amides is 1. The fraction of sp³-hybridized carbons (Fsp3) is 0.222. The molecule has 3 aromatic rings. The topological polar surface area (TPSA) is 80.9 Å². The molecule has 0 unspecified atom stereocenters. The van der Waals surface area contributed by atoms with Gasteiger partial charge in [-0.05, 0) is 18.1 Å². The van der Waals surface area contributed by atoms with Crippen molar-refractivity contribution in [2.45, 2.75) is 19.9 Å². The zero-order chi connectivity index (χ0) is 16.9. The lowest BCUT2D eigenvalue weighted by molar-refractivity contribution is 0.0913. The maximum Gasteiger partial charge on any atom is 0.253 e. The van der Waals surface area contributed by atoms with Crippen molar-refractivity contribution in [1.29, 1.82) is 0 Å². The summed E-state index contributed by atoms with van der Waals surface area (Å²) in [5.41, 5.74) is 1.36. The molecule has 122 valence electrons. The van der Waals surface area contributed by atoms with Gasteiger partial charge in [0.1, 0.15) is 6.04 Å². The molecule has 6 nitrogen and oxygen atoms in total. The van der Waals surface area contributed by atoms with Crippen molar-refractivity contribution < 1.29 is 9.32 Å². The number of rotatable bonds is 5. The maximum absolute atomic E-state index is 12.4. The Hall–Kier alpha value is -3.02. The summed E-state index contributed by atoms with van der Waals surface area (Å²) in [4.78, 5) is 20.8. The van der Waals surface area contributed by atoms with E-state index < -0.39 is 0 Å². The molecule has 3 rings (SSSR count). The first-order valence-corrected chi connectivity index (χ1v) is 7.75. The first-order valence-electron chi connectivity index (χ1n) is 7.75. The van der Waals surface area contributed by atoms with Crippen LogP contribution in [0.3, 0.4) is 0 Å². The van der Waals surface area contributed by atoms with E-state index in [1.54, 1.807) is 18.3 Å². The Kier molecular flexibility index (Phi) is 4.65. The number of benzene rings is 1. The van der Waals surface area contributed by atoms with Crippen molar-refractivity contribution in [3.63, 3.8) is 0 Å². The lowest BCUT2D eigenvalue weighted by atomic mass is 10.0. The first kappa shape index (κ1) is 15.9. The summed E-state index contributed by atoms with van der Waals surface area (Å²) in [5, 5.41) is 6.96. The van der Waals surface area contributed by atoms with Gasteiger partial charge in [0.15, 0.2) is 0 Å². The van der Waals surface area contributed by atoms with Crippen LogP contribution >= 0.6 is 0 Å². The summed E-state index contributed by atoms with van der Waals surface area (Å²) >= 11 is 0. The molecule has 0 aliphatic rings. The molecule has 0 saturated carbocycles. The Morgan fingerprint density at radius 2 is 1.92 bits per heavy atom. The van der Waals surface area contributed by atoms with E-state index >= 15 is 0 Å². The SMILES string of the molecule is CC(C)[C@@H](NC(=O)c1cccnc1)c1nc(-c2ccccc2)no1. The van der Waals surface area contributed by atoms with E-state index in [-0.39, 0.29) is 17.9 Å². The third-order valence-corrected chi connectivity index (χ3v) is 3.62. The standard InChI is InChI=1S/C18H18N4O2/c1-12(2)15(20-17(23)14-9-6-10-19-11-14)18-21-16(22-24-18)13-7-4-3-5-8-13/h3-12,15H,1-2H3,(H,20,23)/t15-/m1/s1. The molecular formula is C18H18N4O2. The number of pyridine rings is 1. The molecule has 0 saturated heterocycles. The van der Waals surface area contributed by atoms with Crippen LogP contribution in [0.25, 0.3) is 11.4 Å². The van der Waals surface area contributed by atoms with E-state index in [2.05, 4.69) is 20.4 Å². The van der Waals surface area contributed by atoms with Crippen molar-refractivity contribution in [2.75, 3.05) is 0 Å². The van der Waals surface area contributed by atoms with Gasteiger partial charge in [0, 0.05) is 18.0 Å². The maximum atomic E-state index is 12.4. The van der Waals surface area contributed by atoms with E-state index in [1.807, 2.05) is 44.2 Å². The number of carbonyl (C=O) groups is 1. The highest BCUT2D eigenvalue weighted by Gasteiger charge is 2.25. The second-order valence-corrected chi connectivity index (χ2v) is 5.76. The van der Waals surface area contributed by atoms with E-state index in [0.717, 1.165) is 5.56 Å². The quantitative estimate of drug-likeness (QED) is 0.780. The highest BCUT2D eigenvalue weighted by atomic mass is 16.5. The first-order chi connectivity index (χ1) is 11.6.